The Labute approximate surface area is 126 Å². The fraction of sp³-hybridized carbons (Fsp3) is 0.0667. The number of nitrogens with two attached hydrogens (primary N) is 2. The van der Waals surface area contributed by atoms with Crippen LogP contribution in [0.3, 0.4) is 0 Å². The van der Waals surface area contributed by atoms with Crippen molar-refractivity contribution in [1.82, 2.24) is 15.0 Å². The molecular formula is C15H13N5O2. The number of ether oxygens (including phenoxy) is 1. The van der Waals surface area contributed by atoms with Gasteiger partial charge in [-0.25, -0.2) is 14.8 Å². The predicted molar refractivity (Wildman–Crippen MR) is 82.1 cm³/mol. The largest absolute Gasteiger partial charge is 0.411 e. The lowest BCUT2D eigenvalue weighted by molar-refractivity contribution is 0.209. The van der Waals surface area contributed by atoms with Gasteiger partial charge < -0.3 is 16.2 Å². The maximum Gasteiger partial charge on any atom is 0.411 e. The number of aromatic nitrogens is 3. The molecule has 0 radical (unpaired) electrons. The molecule has 7 nitrogen and oxygen atoms in total. The Morgan fingerprint density at radius 1 is 1.14 bits per heavy atom. The third-order valence-corrected chi connectivity index (χ3v) is 3.08. The zero-order valence-electron chi connectivity index (χ0n) is 11.8. The topological polar surface area (TPSA) is 117 Å². The number of pyridine rings is 1. The van der Waals surface area contributed by atoms with Gasteiger partial charge in [0.15, 0.2) is 5.82 Å². The van der Waals surface area contributed by atoms with Crippen LogP contribution in [-0.2, 0) is 0 Å². The van der Waals surface area contributed by atoms with Crippen LogP contribution in [-0.4, -0.2) is 21.0 Å². The SMILES string of the molecule is Cc1nc2cc(OC(N)=O)nc(N)c2nc1-c1ccccc1. The van der Waals surface area contributed by atoms with Crippen LogP contribution < -0.4 is 16.2 Å². The summed E-state index contributed by atoms with van der Waals surface area (Å²) in [6.07, 6.45) is -0.961. The summed E-state index contributed by atoms with van der Waals surface area (Å²) in [6, 6.07) is 11.1. The first-order valence-electron chi connectivity index (χ1n) is 6.52. The molecule has 0 saturated carbocycles. The molecule has 2 heterocycles. The molecular weight excluding hydrogens is 282 g/mol. The van der Waals surface area contributed by atoms with Gasteiger partial charge in [0.1, 0.15) is 5.52 Å². The molecule has 1 aromatic carbocycles. The number of nitrogen functional groups attached to an aromatic ring is 1. The molecule has 0 bridgehead atoms. The Balaban J connectivity index is 2.18. The van der Waals surface area contributed by atoms with Crippen molar-refractivity contribution < 1.29 is 9.53 Å². The summed E-state index contributed by atoms with van der Waals surface area (Å²) in [5, 5.41) is 0. The number of aryl methyl sites for hydroxylation is 1. The molecule has 2 aromatic heterocycles. The number of anilines is 1. The molecule has 3 aromatic rings. The first-order valence-corrected chi connectivity index (χ1v) is 6.52. The molecule has 0 saturated heterocycles. The van der Waals surface area contributed by atoms with Gasteiger partial charge in [0.05, 0.1) is 16.9 Å². The summed E-state index contributed by atoms with van der Waals surface area (Å²) in [5.41, 5.74) is 14.2. The number of benzene rings is 1. The number of amides is 1. The van der Waals surface area contributed by atoms with Crippen LogP contribution >= 0.6 is 0 Å². The van der Waals surface area contributed by atoms with Gasteiger partial charge in [-0.2, -0.15) is 4.98 Å². The molecule has 1 amide bonds. The Morgan fingerprint density at radius 3 is 2.55 bits per heavy atom. The van der Waals surface area contributed by atoms with E-state index in [1.807, 2.05) is 37.3 Å². The van der Waals surface area contributed by atoms with Crippen molar-refractivity contribution in [3.05, 3.63) is 42.1 Å². The average Bonchev–Trinajstić information content (AvgIpc) is 2.46. The third-order valence-electron chi connectivity index (χ3n) is 3.08. The van der Waals surface area contributed by atoms with Crippen LogP contribution in [0.5, 0.6) is 5.88 Å². The van der Waals surface area contributed by atoms with Crippen molar-refractivity contribution in [3.63, 3.8) is 0 Å². The number of nitrogens with zero attached hydrogens (tertiary/aromatic N) is 3. The Morgan fingerprint density at radius 2 is 1.86 bits per heavy atom. The number of carbonyl (C=O) groups is 1. The van der Waals surface area contributed by atoms with Gasteiger partial charge in [0.25, 0.3) is 0 Å². The van der Waals surface area contributed by atoms with Gasteiger partial charge in [0, 0.05) is 11.6 Å². The molecule has 110 valence electrons. The van der Waals surface area contributed by atoms with Crippen molar-refractivity contribution in [2.45, 2.75) is 6.92 Å². The number of hydrogen-bond donors (Lipinski definition) is 2. The number of carbonyl (C=O) groups excluding carboxylic acids is 1. The van der Waals surface area contributed by atoms with Crippen molar-refractivity contribution >= 4 is 22.9 Å². The van der Waals surface area contributed by atoms with E-state index in [-0.39, 0.29) is 11.7 Å². The number of fused-ring (bicyclic) bond motifs is 1. The standard InChI is InChI=1S/C15H13N5O2/c1-8-12(9-5-3-2-4-6-9)20-13-10(18-8)7-11(19-14(13)16)22-15(17)21/h2-7H,1H3,(H2,16,19)(H2,17,21). The Kier molecular flexibility index (Phi) is 3.30. The van der Waals surface area contributed by atoms with E-state index >= 15 is 0 Å². The molecule has 0 fully saturated rings. The molecule has 0 aliphatic carbocycles. The van der Waals surface area contributed by atoms with Gasteiger partial charge in [0.2, 0.25) is 5.88 Å². The minimum absolute atomic E-state index is 0.00124. The monoisotopic (exact) mass is 295 g/mol. The van der Waals surface area contributed by atoms with E-state index in [4.69, 9.17) is 16.2 Å². The summed E-state index contributed by atoms with van der Waals surface area (Å²) < 4.78 is 4.74. The van der Waals surface area contributed by atoms with Crippen LogP contribution in [0.4, 0.5) is 10.6 Å². The fourth-order valence-corrected chi connectivity index (χ4v) is 2.17. The number of primary amides is 1. The minimum atomic E-state index is -0.961. The first-order chi connectivity index (χ1) is 10.5. The van der Waals surface area contributed by atoms with Crippen molar-refractivity contribution in [2.24, 2.45) is 5.73 Å². The third kappa shape index (κ3) is 2.51. The van der Waals surface area contributed by atoms with Crippen LogP contribution in [0.25, 0.3) is 22.3 Å². The molecule has 0 aliphatic heterocycles. The quantitative estimate of drug-likeness (QED) is 0.747. The fourth-order valence-electron chi connectivity index (χ4n) is 2.17. The van der Waals surface area contributed by atoms with E-state index in [1.54, 1.807) is 0 Å². The van der Waals surface area contributed by atoms with E-state index in [0.717, 1.165) is 17.0 Å². The van der Waals surface area contributed by atoms with Crippen LogP contribution in [0.1, 0.15) is 5.69 Å². The van der Waals surface area contributed by atoms with Gasteiger partial charge in [-0.3, -0.25) is 0 Å². The average molecular weight is 295 g/mol. The second kappa shape index (κ2) is 5.28. The zero-order chi connectivity index (χ0) is 15.7. The van der Waals surface area contributed by atoms with Crippen molar-refractivity contribution in [2.75, 3.05) is 5.73 Å². The highest BCUT2D eigenvalue weighted by Gasteiger charge is 2.13. The molecule has 0 spiro atoms. The number of hydrogen-bond acceptors (Lipinski definition) is 6. The summed E-state index contributed by atoms with van der Waals surface area (Å²) in [5.74, 6) is 0.122. The Hall–Kier alpha value is -3.22. The van der Waals surface area contributed by atoms with E-state index < -0.39 is 6.09 Å². The van der Waals surface area contributed by atoms with E-state index in [0.29, 0.717) is 11.0 Å². The van der Waals surface area contributed by atoms with E-state index in [1.165, 1.54) is 6.07 Å². The smallest absolute Gasteiger partial charge is 0.391 e. The highest BCUT2D eigenvalue weighted by atomic mass is 16.6. The molecule has 0 unspecified atom stereocenters. The van der Waals surface area contributed by atoms with E-state index in [9.17, 15) is 4.79 Å². The highest BCUT2D eigenvalue weighted by molar-refractivity contribution is 5.87. The molecule has 4 N–H and O–H groups in total. The van der Waals surface area contributed by atoms with E-state index in [2.05, 4.69) is 15.0 Å². The second-order valence-electron chi connectivity index (χ2n) is 4.66. The maximum absolute atomic E-state index is 10.8. The maximum atomic E-state index is 10.8. The van der Waals surface area contributed by atoms with Crippen LogP contribution in [0, 0.1) is 6.92 Å². The molecule has 0 aliphatic rings. The molecule has 3 rings (SSSR count). The lowest BCUT2D eigenvalue weighted by Gasteiger charge is -2.09. The lowest BCUT2D eigenvalue weighted by Crippen LogP contribution is -2.17. The minimum Gasteiger partial charge on any atom is -0.391 e. The first kappa shape index (κ1) is 13.7. The molecule has 22 heavy (non-hydrogen) atoms. The van der Waals surface area contributed by atoms with Gasteiger partial charge in [-0.15, -0.1) is 0 Å². The predicted octanol–water partition coefficient (Wildman–Crippen LogP) is 2.04. The summed E-state index contributed by atoms with van der Waals surface area (Å²) in [6.45, 7) is 1.85. The normalized spacial score (nSPS) is 10.6. The van der Waals surface area contributed by atoms with Gasteiger partial charge in [-0.1, -0.05) is 30.3 Å². The van der Waals surface area contributed by atoms with Gasteiger partial charge in [-0.05, 0) is 6.92 Å². The summed E-state index contributed by atoms with van der Waals surface area (Å²) >= 11 is 0. The van der Waals surface area contributed by atoms with Gasteiger partial charge >= 0.3 is 6.09 Å². The zero-order valence-corrected chi connectivity index (χ0v) is 11.8. The molecule has 7 heteroatoms. The van der Waals surface area contributed by atoms with Crippen LogP contribution in [0.2, 0.25) is 0 Å². The van der Waals surface area contributed by atoms with Crippen molar-refractivity contribution in [1.29, 1.82) is 0 Å². The number of rotatable bonds is 2. The molecule has 0 atom stereocenters. The second-order valence-corrected chi connectivity index (χ2v) is 4.66. The summed E-state index contributed by atoms with van der Waals surface area (Å²) in [4.78, 5) is 23.8. The summed E-state index contributed by atoms with van der Waals surface area (Å²) in [7, 11) is 0. The van der Waals surface area contributed by atoms with Crippen LogP contribution in [0.15, 0.2) is 36.4 Å². The lowest BCUT2D eigenvalue weighted by atomic mass is 10.1. The Bertz CT molecular complexity index is 865. The van der Waals surface area contributed by atoms with Crippen molar-refractivity contribution in [3.8, 4) is 17.1 Å². The highest BCUT2D eigenvalue weighted by Crippen LogP contribution is 2.26.